The molecule has 1 atom stereocenters. The average molecular weight is 622 g/mol. The van der Waals surface area contributed by atoms with Gasteiger partial charge in [-0.2, -0.15) is 0 Å². The number of benzene rings is 3. The summed E-state index contributed by atoms with van der Waals surface area (Å²) >= 11 is 20.5. The van der Waals surface area contributed by atoms with E-state index in [0.29, 0.717) is 32.6 Å². The molecule has 1 aliphatic carbocycles. The molecule has 1 saturated carbocycles. The molecule has 0 bridgehead atoms. The van der Waals surface area contributed by atoms with Gasteiger partial charge < -0.3 is 10.2 Å². The van der Waals surface area contributed by atoms with Crippen LogP contribution >= 0.6 is 46.6 Å². The number of thioether (sulfide) groups is 1. The summed E-state index contributed by atoms with van der Waals surface area (Å²) in [5.74, 6) is -0.645. The number of hydrogen-bond acceptors (Lipinski definition) is 3. The van der Waals surface area contributed by atoms with Gasteiger partial charge >= 0.3 is 0 Å². The van der Waals surface area contributed by atoms with Crippen LogP contribution in [-0.4, -0.2) is 34.6 Å². The topological polar surface area (TPSA) is 49.4 Å². The molecular weight excluding hydrogens is 590 g/mol. The van der Waals surface area contributed by atoms with Crippen molar-refractivity contribution in [2.75, 3.05) is 5.75 Å². The van der Waals surface area contributed by atoms with Crippen LogP contribution < -0.4 is 5.32 Å². The fourth-order valence-electron chi connectivity index (χ4n) is 4.95. The van der Waals surface area contributed by atoms with E-state index in [4.69, 9.17) is 34.8 Å². The second-order valence-corrected chi connectivity index (χ2v) is 12.2. The van der Waals surface area contributed by atoms with E-state index >= 15 is 0 Å². The van der Waals surface area contributed by atoms with E-state index in [2.05, 4.69) is 5.32 Å². The summed E-state index contributed by atoms with van der Waals surface area (Å²) < 4.78 is 14.3. The molecule has 1 aliphatic rings. The van der Waals surface area contributed by atoms with Crippen molar-refractivity contribution in [1.29, 1.82) is 0 Å². The maximum Gasteiger partial charge on any atom is 0.243 e. The molecule has 0 saturated heterocycles. The van der Waals surface area contributed by atoms with Crippen LogP contribution in [0.1, 0.15) is 48.8 Å². The number of carbonyl (C=O) groups is 2. The van der Waals surface area contributed by atoms with Crippen LogP contribution in [0.2, 0.25) is 15.1 Å². The van der Waals surface area contributed by atoms with Crippen molar-refractivity contribution in [2.45, 2.75) is 62.9 Å². The van der Waals surface area contributed by atoms with Crippen LogP contribution in [0.3, 0.4) is 0 Å². The quantitative estimate of drug-likeness (QED) is 0.235. The van der Waals surface area contributed by atoms with Gasteiger partial charge in [0, 0.05) is 51.0 Å². The highest BCUT2D eigenvalue weighted by molar-refractivity contribution is 7.99. The molecule has 1 fully saturated rings. The molecule has 3 aromatic rings. The Labute approximate surface area is 254 Å². The van der Waals surface area contributed by atoms with Gasteiger partial charge in [0.25, 0.3) is 0 Å². The summed E-state index contributed by atoms with van der Waals surface area (Å²) in [5.41, 5.74) is 1.85. The third-order valence-electron chi connectivity index (χ3n) is 7.15. The summed E-state index contributed by atoms with van der Waals surface area (Å²) in [6.45, 7) is 0.0634. The zero-order valence-corrected chi connectivity index (χ0v) is 25.1. The van der Waals surface area contributed by atoms with Gasteiger partial charge in [-0.05, 0) is 42.7 Å². The number of nitrogens with zero attached hydrogens (tertiary/aromatic N) is 1. The molecular formula is C31H32Cl3FN2O2S. The standard InChI is InChI=1S/C31H32Cl3FN2O2S/c32-25-13-7-14-26(33)23(25)18-37(30(38)20-40-19-24-27(34)15-8-16-28(24)35)29(17-21-9-3-1-4-10-21)31(39)36-22-11-5-2-6-12-22/h1,3-4,7-10,13-16,22,29H,2,5-6,11-12,17-20H2,(H,36,39)/t29-/m1/s1. The minimum Gasteiger partial charge on any atom is -0.352 e. The van der Waals surface area contributed by atoms with E-state index in [9.17, 15) is 14.0 Å². The van der Waals surface area contributed by atoms with Gasteiger partial charge in [0.05, 0.1) is 5.75 Å². The normalized spacial score (nSPS) is 14.5. The largest absolute Gasteiger partial charge is 0.352 e. The number of hydrogen-bond donors (Lipinski definition) is 1. The van der Waals surface area contributed by atoms with Crippen molar-refractivity contribution < 1.29 is 14.0 Å². The summed E-state index contributed by atoms with van der Waals surface area (Å²) in [6, 6.07) is 18.6. The first-order chi connectivity index (χ1) is 19.3. The van der Waals surface area contributed by atoms with Crippen LogP contribution in [0, 0.1) is 5.82 Å². The van der Waals surface area contributed by atoms with Gasteiger partial charge in [0.15, 0.2) is 0 Å². The Bertz CT molecular complexity index is 1260. The minimum absolute atomic E-state index is 0.0226. The minimum atomic E-state index is -0.790. The highest BCUT2D eigenvalue weighted by Crippen LogP contribution is 2.29. The second-order valence-electron chi connectivity index (χ2n) is 9.96. The van der Waals surface area contributed by atoms with Crippen LogP contribution in [0.15, 0.2) is 66.7 Å². The molecule has 0 unspecified atom stereocenters. The van der Waals surface area contributed by atoms with E-state index in [-0.39, 0.29) is 35.9 Å². The van der Waals surface area contributed by atoms with Gasteiger partial charge in [-0.25, -0.2) is 4.39 Å². The average Bonchev–Trinajstić information content (AvgIpc) is 2.94. The smallest absolute Gasteiger partial charge is 0.243 e. The number of carbonyl (C=O) groups excluding carboxylic acids is 2. The first-order valence-corrected chi connectivity index (χ1v) is 15.7. The molecule has 40 heavy (non-hydrogen) atoms. The first-order valence-electron chi connectivity index (χ1n) is 13.4. The van der Waals surface area contributed by atoms with Gasteiger partial charge in [0.2, 0.25) is 11.8 Å². The number of rotatable bonds is 11. The van der Waals surface area contributed by atoms with Gasteiger partial charge in [-0.15, -0.1) is 11.8 Å². The van der Waals surface area contributed by atoms with E-state index in [1.165, 1.54) is 24.2 Å². The highest BCUT2D eigenvalue weighted by Gasteiger charge is 2.32. The number of nitrogens with one attached hydrogen (secondary N) is 1. The van der Waals surface area contributed by atoms with E-state index in [1.54, 1.807) is 35.2 Å². The molecule has 4 rings (SSSR count). The fraction of sp³-hybridized carbons (Fsp3) is 0.355. The molecule has 0 aromatic heterocycles. The number of halogens is 4. The zero-order valence-electron chi connectivity index (χ0n) is 22.1. The first kappa shape index (κ1) is 30.7. The summed E-state index contributed by atoms with van der Waals surface area (Å²) in [5, 5.41) is 4.36. The monoisotopic (exact) mass is 620 g/mol. The molecule has 2 amide bonds. The molecule has 0 spiro atoms. The third-order valence-corrected chi connectivity index (χ3v) is 9.15. The maximum atomic E-state index is 14.3. The molecule has 9 heteroatoms. The van der Waals surface area contributed by atoms with Crippen LogP contribution in [0.5, 0.6) is 0 Å². The fourth-order valence-corrected chi connectivity index (χ4v) is 6.71. The lowest BCUT2D eigenvalue weighted by molar-refractivity contribution is -0.139. The lowest BCUT2D eigenvalue weighted by Crippen LogP contribution is -2.53. The van der Waals surface area contributed by atoms with Gasteiger partial charge in [-0.1, -0.05) is 96.5 Å². The van der Waals surface area contributed by atoms with Crippen molar-refractivity contribution in [3.05, 3.63) is 104 Å². The Morgan fingerprint density at radius 1 is 0.875 bits per heavy atom. The second kappa shape index (κ2) is 15.1. The molecule has 0 aliphatic heterocycles. The molecule has 0 radical (unpaired) electrons. The van der Waals surface area contributed by atoms with Crippen molar-refractivity contribution in [1.82, 2.24) is 10.2 Å². The van der Waals surface area contributed by atoms with E-state index in [0.717, 1.165) is 31.2 Å². The van der Waals surface area contributed by atoms with Crippen molar-refractivity contribution in [3.8, 4) is 0 Å². The Kier molecular flexibility index (Phi) is 11.6. The molecule has 0 heterocycles. The van der Waals surface area contributed by atoms with Gasteiger partial charge in [-0.3, -0.25) is 9.59 Å². The van der Waals surface area contributed by atoms with Crippen molar-refractivity contribution in [2.24, 2.45) is 0 Å². The number of amides is 2. The predicted molar refractivity (Wildman–Crippen MR) is 164 cm³/mol. The summed E-state index contributed by atoms with van der Waals surface area (Å²) in [7, 11) is 0. The summed E-state index contributed by atoms with van der Waals surface area (Å²) in [6.07, 6.45) is 5.49. The van der Waals surface area contributed by atoms with Crippen molar-refractivity contribution >= 4 is 58.4 Å². The van der Waals surface area contributed by atoms with Gasteiger partial charge in [0.1, 0.15) is 11.9 Å². The Morgan fingerprint density at radius 2 is 1.50 bits per heavy atom. The van der Waals surface area contributed by atoms with Crippen LogP contribution in [0.4, 0.5) is 4.39 Å². The van der Waals surface area contributed by atoms with E-state index < -0.39 is 11.9 Å². The Morgan fingerprint density at radius 3 is 2.15 bits per heavy atom. The molecule has 3 aromatic carbocycles. The van der Waals surface area contributed by atoms with Crippen LogP contribution in [0.25, 0.3) is 0 Å². The van der Waals surface area contributed by atoms with Crippen LogP contribution in [-0.2, 0) is 28.3 Å². The third kappa shape index (κ3) is 8.39. The predicted octanol–water partition coefficient (Wildman–Crippen LogP) is 8.11. The van der Waals surface area contributed by atoms with Crippen molar-refractivity contribution in [3.63, 3.8) is 0 Å². The molecule has 4 nitrogen and oxygen atoms in total. The summed E-state index contributed by atoms with van der Waals surface area (Å²) in [4.78, 5) is 29.3. The SMILES string of the molecule is O=C(NC1CCCCC1)[C@@H](Cc1ccccc1)N(Cc1c(Cl)cccc1Cl)C(=O)CSCc1c(F)cccc1Cl. The maximum absolute atomic E-state index is 14.3. The van der Waals surface area contributed by atoms with E-state index in [1.807, 2.05) is 30.3 Å². The molecule has 1 N–H and O–H groups in total. The highest BCUT2D eigenvalue weighted by atomic mass is 35.5. The molecule has 212 valence electrons. The lowest BCUT2D eigenvalue weighted by atomic mass is 9.94. The zero-order chi connectivity index (χ0) is 28.5. The Balaban J connectivity index is 1.62. The lowest BCUT2D eigenvalue weighted by Gasteiger charge is -2.34. The Hall–Kier alpha value is -2.25.